The zero-order valence-electron chi connectivity index (χ0n) is 12.4. The number of halogens is 1. The molecule has 1 unspecified atom stereocenters. The Balaban J connectivity index is 2.54. The lowest BCUT2D eigenvalue weighted by atomic mass is 10.0. The van der Waals surface area contributed by atoms with Gasteiger partial charge in [-0.1, -0.05) is 0 Å². The van der Waals surface area contributed by atoms with E-state index in [1.807, 2.05) is 25.2 Å². The largest absolute Gasteiger partial charge is 0.493 e. The quantitative estimate of drug-likeness (QED) is 0.860. The number of methoxy groups -OCH3 is 3. The zero-order valence-corrected chi connectivity index (χ0v) is 14.0. The summed E-state index contributed by atoms with van der Waals surface area (Å²) in [6.45, 7) is 0. The van der Waals surface area contributed by atoms with E-state index < -0.39 is 0 Å². The van der Waals surface area contributed by atoms with Gasteiger partial charge in [0.15, 0.2) is 11.5 Å². The lowest BCUT2D eigenvalue weighted by Crippen LogP contribution is -2.17. The molecule has 0 fully saturated rings. The highest BCUT2D eigenvalue weighted by molar-refractivity contribution is 9.10. The molecule has 1 aromatic carbocycles. The van der Waals surface area contributed by atoms with E-state index >= 15 is 0 Å². The van der Waals surface area contributed by atoms with Crippen molar-refractivity contribution in [3.05, 3.63) is 40.3 Å². The van der Waals surface area contributed by atoms with Crippen molar-refractivity contribution in [1.82, 2.24) is 5.32 Å². The van der Waals surface area contributed by atoms with Crippen LogP contribution in [0.1, 0.15) is 17.4 Å². The van der Waals surface area contributed by atoms with E-state index in [0.717, 1.165) is 15.8 Å². The van der Waals surface area contributed by atoms with E-state index in [0.29, 0.717) is 17.2 Å². The Morgan fingerprint density at radius 3 is 2.10 bits per heavy atom. The molecule has 0 spiro atoms. The molecule has 0 aliphatic rings. The lowest BCUT2D eigenvalue weighted by molar-refractivity contribution is 0.323. The van der Waals surface area contributed by atoms with Crippen LogP contribution in [0.4, 0.5) is 0 Å². The van der Waals surface area contributed by atoms with E-state index in [1.165, 1.54) is 0 Å². The first-order valence-electron chi connectivity index (χ1n) is 6.36. The highest BCUT2D eigenvalue weighted by Gasteiger charge is 2.22. The van der Waals surface area contributed by atoms with Gasteiger partial charge in [-0.15, -0.1) is 0 Å². The van der Waals surface area contributed by atoms with Gasteiger partial charge in [-0.25, -0.2) is 0 Å². The fourth-order valence-corrected chi connectivity index (χ4v) is 2.66. The first-order valence-corrected chi connectivity index (χ1v) is 7.15. The molecule has 5 nitrogen and oxygen atoms in total. The molecule has 0 bridgehead atoms. The van der Waals surface area contributed by atoms with Gasteiger partial charge >= 0.3 is 0 Å². The summed E-state index contributed by atoms with van der Waals surface area (Å²) >= 11 is 3.48. The second-order valence-electron chi connectivity index (χ2n) is 4.31. The van der Waals surface area contributed by atoms with Gasteiger partial charge in [0, 0.05) is 0 Å². The van der Waals surface area contributed by atoms with Gasteiger partial charge in [0.05, 0.1) is 38.1 Å². The van der Waals surface area contributed by atoms with Crippen molar-refractivity contribution in [2.45, 2.75) is 6.04 Å². The van der Waals surface area contributed by atoms with Gasteiger partial charge < -0.3 is 23.9 Å². The van der Waals surface area contributed by atoms with Crippen LogP contribution in [-0.4, -0.2) is 28.4 Å². The summed E-state index contributed by atoms with van der Waals surface area (Å²) in [5.74, 6) is 2.56. The van der Waals surface area contributed by atoms with Crippen molar-refractivity contribution < 1.29 is 18.6 Å². The van der Waals surface area contributed by atoms with E-state index in [9.17, 15) is 0 Å². The summed E-state index contributed by atoms with van der Waals surface area (Å²) in [5.41, 5.74) is 0.947. The Labute approximate surface area is 132 Å². The van der Waals surface area contributed by atoms with Crippen LogP contribution in [0.3, 0.4) is 0 Å². The van der Waals surface area contributed by atoms with Crippen LogP contribution in [0.2, 0.25) is 0 Å². The first-order chi connectivity index (χ1) is 10.2. The molecule has 0 aliphatic heterocycles. The second-order valence-corrected chi connectivity index (χ2v) is 5.17. The number of hydrogen-bond acceptors (Lipinski definition) is 5. The highest BCUT2D eigenvalue weighted by atomic mass is 79.9. The topological polar surface area (TPSA) is 52.9 Å². The van der Waals surface area contributed by atoms with Gasteiger partial charge in [-0.05, 0) is 46.7 Å². The van der Waals surface area contributed by atoms with E-state index in [2.05, 4.69) is 21.2 Å². The molecule has 0 saturated carbocycles. The van der Waals surface area contributed by atoms with Crippen LogP contribution in [-0.2, 0) is 0 Å². The van der Waals surface area contributed by atoms with E-state index in [-0.39, 0.29) is 6.04 Å². The molecule has 2 rings (SSSR count). The Morgan fingerprint density at radius 2 is 1.71 bits per heavy atom. The molecular formula is C15H18BrNO4. The van der Waals surface area contributed by atoms with Crippen LogP contribution in [0.5, 0.6) is 17.2 Å². The number of rotatable bonds is 6. The maximum absolute atomic E-state index is 5.55. The summed E-state index contributed by atoms with van der Waals surface area (Å²) in [6.07, 6.45) is 1.64. The Kier molecular flexibility index (Phi) is 5.14. The van der Waals surface area contributed by atoms with Gasteiger partial charge in [-0.3, -0.25) is 0 Å². The fourth-order valence-electron chi connectivity index (χ4n) is 2.23. The molecule has 0 radical (unpaired) electrons. The summed E-state index contributed by atoms with van der Waals surface area (Å²) in [4.78, 5) is 0. The van der Waals surface area contributed by atoms with Gasteiger partial charge in [0.25, 0.3) is 0 Å². The third-order valence-electron chi connectivity index (χ3n) is 3.22. The minimum Gasteiger partial charge on any atom is -0.493 e. The molecule has 1 aromatic heterocycles. The molecule has 0 aliphatic carbocycles. The Bertz CT molecular complexity index is 586. The Hall–Kier alpha value is -1.66. The summed E-state index contributed by atoms with van der Waals surface area (Å²) in [5, 5.41) is 3.23. The number of ether oxygens (including phenoxy) is 3. The predicted molar refractivity (Wildman–Crippen MR) is 83.4 cm³/mol. The van der Waals surface area contributed by atoms with Crippen molar-refractivity contribution in [3.63, 3.8) is 0 Å². The molecular weight excluding hydrogens is 338 g/mol. The maximum Gasteiger partial charge on any atom is 0.203 e. The van der Waals surface area contributed by atoms with Crippen LogP contribution in [0.15, 0.2) is 33.4 Å². The second kappa shape index (κ2) is 6.87. The average Bonchev–Trinajstić information content (AvgIpc) is 2.93. The first kappa shape index (κ1) is 15.7. The Morgan fingerprint density at radius 1 is 1.10 bits per heavy atom. The van der Waals surface area contributed by atoms with Crippen LogP contribution < -0.4 is 19.5 Å². The molecule has 1 heterocycles. The van der Waals surface area contributed by atoms with Gasteiger partial charge in [0.2, 0.25) is 5.75 Å². The van der Waals surface area contributed by atoms with Gasteiger partial charge in [0.1, 0.15) is 5.76 Å². The number of furan rings is 1. The van der Waals surface area contributed by atoms with Crippen LogP contribution >= 0.6 is 15.9 Å². The number of nitrogens with one attached hydrogen (secondary N) is 1. The molecule has 1 atom stereocenters. The lowest BCUT2D eigenvalue weighted by Gasteiger charge is -2.19. The molecule has 21 heavy (non-hydrogen) atoms. The van der Waals surface area contributed by atoms with Crippen molar-refractivity contribution in [1.29, 1.82) is 0 Å². The third-order valence-corrected chi connectivity index (χ3v) is 3.87. The van der Waals surface area contributed by atoms with Crippen molar-refractivity contribution >= 4 is 15.9 Å². The maximum atomic E-state index is 5.55. The number of hydrogen-bond donors (Lipinski definition) is 1. The SMILES string of the molecule is CNC(c1cc(OC)c(OC)c(OC)c1)c1occc1Br. The summed E-state index contributed by atoms with van der Waals surface area (Å²) < 4.78 is 22.6. The third kappa shape index (κ3) is 3.01. The normalized spacial score (nSPS) is 12.0. The molecule has 6 heteroatoms. The summed E-state index contributed by atoms with van der Waals surface area (Å²) in [7, 11) is 6.64. The molecule has 1 N–H and O–H groups in total. The monoisotopic (exact) mass is 355 g/mol. The van der Waals surface area contributed by atoms with E-state index in [1.54, 1.807) is 27.6 Å². The van der Waals surface area contributed by atoms with Gasteiger partial charge in [-0.2, -0.15) is 0 Å². The molecule has 2 aromatic rings. The van der Waals surface area contributed by atoms with Crippen LogP contribution in [0.25, 0.3) is 0 Å². The van der Waals surface area contributed by atoms with E-state index in [4.69, 9.17) is 18.6 Å². The minimum atomic E-state index is -0.136. The van der Waals surface area contributed by atoms with Crippen molar-refractivity contribution in [3.8, 4) is 17.2 Å². The highest BCUT2D eigenvalue weighted by Crippen LogP contribution is 2.41. The van der Waals surface area contributed by atoms with Crippen LogP contribution in [0, 0.1) is 0 Å². The predicted octanol–water partition coefficient (Wildman–Crippen LogP) is 3.38. The standard InChI is InChI=1S/C15H18BrNO4/c1-17-13(14-10(16)5-6-21-14)9-7-11(18-2)15(20-4)12(8-9)19-3/h5-8,13,17H,1-4H3. The molecule has 0 saturated heterocycles. The fraction of sp³-hybridized carbons (Fsp3) is 0.333. The average molecular weight is 356 g/mol. The van der Waals surface area contributed by atoms with Crippen molar-refractivity contribution in [2.24, 2.45) is 0 Å². The molecule has 114 valence electrons. The molecule has 0 amide bonds. The van der Waals surface area contributed by atoms with Crippen molar-refractivity contribution in [2.75, 3.05) is 28.4 Å². The minimum absolute atomic E-state index is 0.136. The smallest absolute Gasteiger partial charge is 0.203 e. The number of benzene rings is 1. The zero-order chi connectivity index (χ0) is 15.4. The summed E-state index contributed by atoms with van der Waals surface area (Å²) in [6, 6.07) is 5.52.